The van der Waals surface area contributed by atoms with Gasteiger partial charge in [-0.2, -0.15) is 5.10 Å². The fourth-order valence-corrected chi connectivity index (χ4v) is 2.53. The molecule has 2 amide bonds. The minimum absolute atomic E-state index is 0.367. The smallest absolute Gasteiger partial charge is 0.286 e. The van der Waals surface area contributed by atoms with E-state index in [1.807, 2.05) is 38.1 Å². The van der Waals surface area contributed by atoms with Crippen LogP contribution in [0.3, 0.4) is 0 Å². The maximum Gasteiger partial charge on any atom is 0.286 e. The Kier molecular flexibility index (Phi) is 4.65. The standard InChI is InChI=1S/C18H19N5O2/c1-3-16-14(11-20-23(16)13-8-6-12(2)7-9-13)17(24)21-22-18(25)15-5-4-10-19-15/h4-11,19H,3H2,1-2H3,(H,21,24)(H,22,25). The van der Waals surface area contributed by atoms with Crippen molar-refractivity contribution in [3.63, 3.8) is 0 Å². The van der Waals surface area contributed by atoms with E-state index in [0.717, 1.165) is 16.9 Å². The summed E-state index contributed by atoms with van der Waals surface area (Å²) >= 11 is 0. The van der Waals surface area contributed by atoms with E-state index in [-0.39, 0.29) is 0 Å². The molecule has 0 bridgehead atoms. The van der Waals surface area contributed by atoms with Crippen LogP contribution in [0, 0.1) is 6.92 Å². The Morgan fingerprint density at radius 1 is 1.12 bits per heavy atom. The molecule has 3 N–H and O–H groups in total. The van der Waals surface area contributed by atoms with Gasteiger partial charge in [-0.25, -0.2) is 4.68 Å². The largest absolute Gasteiger partial charge is 0.357 e. The molecule has 0 fully saturated rings. The molecule has 7 heteroatoms. The second-order valence-electron chi connectivity index (χ2n) is 5.60. The van der Waals surface area contributed by atoms with Gasteiger partial charge in [-0.15, -0.1) is 0 Å². The van der Waals surface area contributed by atoms with Gasteiger partial charge in [0.1, 0.15) is 5.69 Å². The molecule has 128 valence electrons. The number of hydrogen-bond donors (Lipinski definition) is 3. The van der Waals surface area contributed by atoms with Crippen molar-refractivity contribution in [2.24, 2.45) is 0 Å². The van der Waals surface area contributed by atoms with Crippen LogP contribution in [0.1, 0.15) is 39.0 Å². The molecule has 7 nitrogen and oxygen atoms in total. The van der Waals surface area contributed by atoms with Gasteiger partial charge >= 0.3 is 0 Å². The van der Waals surface area contributed by atoms with Crippen molar-refractivity contribution in [3.05, 3.63) is 71.3 Å². The number of aromatic nitrogens is 3. The lowest BCUT2D eigenvalue weighted by Crippen LogP contribution is -2.42. The number of aryl methyl sites for hydroxylation is 1. The Labute approximate surface area is 145 Å². The van der Waals surface area contributed by atoms with Crippen molar-refractivity contribution in [3.8, 4) is 5.69 Å². The third-order valence-corrected chi connectivity index (χ3v) is 3.86. The lowest BCUT2D eigenvalue weighted by Gasteiger charge is -2.09. The van der Waals surface area contributed by atoms with Gasteiger partial charge in [0.2, 0.25) is 0 Å². The Balaban J connectivity index is 1.77. The third kappa shape index (κ3) is 3.45. The fraction of sp³-hybridized carbons (Fsp3) is 0.167. The molecule has 2 aromatic heterocycles. The molecule has 0 atom stereocenters. The SMILES string of the molecule is CCc1c(C(=O)NNC(=O)c2ccc[nH]2)cnn1-c1ccc(C)cc1. The number of hydrogen-bond acceptors (Lipinski definition) is 3. The number of nitrogens with one attached hydrogen (secondary N) is 3. The van der Waals surface area contributed by atoms with E-state index in [0.29, 0.717) is 17.7 Å². The van der Waals surface area contributed by atoms with Crippen molar-refractivity contribution in [1.82, 2.24) is 25.6 Å². The van der Waals surface area contributed by atoms with E-state index in [9.17, 15) is 9.59 Å². The van der Waals surface area contributed by atoms with E-state index < -0.39 is 11.8 Å². The van der Waals surface area contributed by atoms with Gasteiger partial charge in [0.25, 0.3) is 11.8 Å². The van der Waals surface area contributed by atoms with Crippen LogP contribution in [0.5, 0.6) is 0 Å². The second-order valence-corrected chi connectivity index (χ2v) is 5.60. The molecule has 0 saturated heterocycles. The van der Waals surface area contributed by atoms with Crippen LogP contribution in [0.15, 0.2) is 48.8 Å². The first-order valence-electron chi connectivity index (χ1n) is 7.98. The highest BCUT2D eigenvalue weighted by molar-refractivity contribution is 5.98. The van der Waals surface area contributed by atoms with Gasteiger partial charge in [0.05, 0.1) is 23.1 Å². The van der Waals surface area contributed by atoms with Crippen LogP contribution in [-0.2, 0) is 6.42 Å². The number of carbonyl (C=O) groups excluding carboxylic acids is 2. The highest BCUT2D eigenvalue weighted by Crippen LogP contribution is 2.16. The molecular formula is C18H19N5O2. The molecule has 2 heterocycles. The summed E-state index contributed by atoms with van der Waals surface area (Å²) in [4.78, 5) is 27.1. The maximum absolute atomic E-state index is 12.4. The molecule has 1 aromatic carbocycles. The summed E-state index contributed by atoms with van der Waals surface area (Å²) in [7, 11) is 0. The zero-order chi connectivity index (χ0) is 17.8. The monoisotopic (exact) mass is 337 g/mol. The van der Waals surface area contributed by atoms with Crippen LogP contribution >= 0.6 is 0 Å². The number of rotatable bonds is 4. The summed E-state index contributed by atoms with van der Waals surface area (Å²) < 4.78 is 1.74. The Morgan fingerprint density at radius 3 is 2.48 bits per heavy atom. The molecule has 25 heavy (non-hydrogen) atoms. The van der Waals surface area contributed by atoms with Gasteiger partial charge in [0, 0.05) is 6.20 Å². The molecule has 3 rings (SSSR count). The first-order valence-corrected chi connectivity index (χ1v) is 7.98. The number of hydrazine groups is 1. The third-order valence-electron chi connectivity index (χ3n) is 3.86. The first-order chi connectivity index (χ1) is 12.1. The van der Waals surface area contributed by atoms with Crippen molar-refractivity contribution in [2.45, 2.75) is 20.3 Å². The molecular weight excluding hydrogens is 318 g/mol. The predicted octanol–water partition coefficient (Wildman–Crippen LogP) is 2.15. The highest BCUT2D eigenvalue weighted by atomic mass is 16.2. The normalized spacial score (nSPS) is 10.5. The summed E-state index contributed by atoms with van der Waals surface area (Å²) in [6.07, 6.45) is 3.77. The topological polar surface area (TPSA) is 91.8 Å². The van der Waals surface area contributed by atoms with Crippen molar-refractivity contribution >= 4 is 11.8 Å². The summed E-state index contributed by atoms with van der Waals surface area (Å²) in [5.41, 5.74) is 8.41. The van der Waals surface area contributed by atoms with Gasteiger partial charge in [-0.05, 0) is 37.6 Å². The minimum atomic E-state index is -0.415. The van der Waals surface area contributed by atoms with E-state index in [1.165, 1.54) is 6.20 Å². The fourth-order valence-electron chi connectivity index (χ4n) is 2.53. The van der Waals surface area contributed by atoms with Gasteiger partial charge in [0.15, 0.2) is 0 Å². The zero-order valence-electron chi connectivity index (χ0n) is 14.0. The van der Waals surface area contributed by atoms with Crippen LogP contribution in [0.4, 0.5) is 0 Å². The Hall–Kier alpha value is -3.35. The van der Waals surface area contributed by atoms with E-state index in [1.54, 1.807) is 23.0 Å². The molecule has 3 aromatic rings. The van der Waals surface area contributed by atoms with Crippen LogP contribution in [-0.4, -0.2) is 26.6 Å². The predicted molar refractivity (Wildman–Crippen MR) is 93.4 cm³/mol. The molecule has 0 aliphatic carbocycles. The maximum atomic E-state index is 12.4. The zero-order valence-corrected chi connectivity index (χ0v) is 14.0. The number of H-pyrrole nitrogens is 1. The summed E-state index contributed by atoms with van der Waals surface area (Å²) in [5.74, 6) is -0.822. The molecule has 0 unspecified atom stereocenters. The quantitative estimate of drug-likeness (QED) is 0.637. The number of amides is 2. The van der Waals surface area contributed by atoms with E-state index >= 15 is 0 Å². The first kappa shape index (κ1) is 16.5. The highest BCUT2D eigenvalue weighted by Gasteiger charge is 2.18. The van der Waals surface area contributed by atoms with Crippen LogP contribution in [0.2, 0.25) is 0 Å². The summed E-state index contributed by atoms with van der Waals surface area (Å²) in [5, 5.41) is 4.32. The molecule has 0 radical (unpaired) electrons. The second kappa shape index (κ2) is 7.04. The summed E-state index contributed by atoms with van der Waals surface area (Å²) in [6.45, 7) is 3.97. The van der Waals surface area contributed by atoms with Crippen molar-refractivity contribution in [1.29, 1.82) is 0 Å². The molecule has 0 aliphatic rings. The van der Waals surface area contributed by atoms with Crippen molar-refractivity contribution in [2.75, 3.05) is 0 Å². The Morgan fingerprint density at radius 2 is 1.84 bits per heavy atom. The van der Waals surface area contributed by atoms with Crippen LogP contribution < -0.4 is 10.9 Å². The van der Waals surface area contributed by atoms with Gasteiger partial charge < -0.3 is 4.98 Å². The molecule has 0 spiro atoms. The van der Waals surface area contributed by atoms with Crippen LogP contribution in [0.25, 0.3) is 5.69 Å². The van der Waals surface area contributed by atoms with E-state index in [4.69, 9.17) is 0 Å². The average molecular weight is 337 g/mol. The molecule has 0 aliphatic heterocycles. The van der Waals surface area contributed by atoms with E-state index in [2.05, 4.69) is 20.9 Å². The van der Waals surface area contributed by atoms with Crippen molar-refractivity contribution < 1.29 is 9.59 Å². The molecule has 0 saturated carbocycles. The lowest BCUT2D eigenvalue weighted by molar-refractivity contribution is 0.0843. The van der Waals surface area contributed by atoms with Gasteiger partial charge in [-0.3, -0.25) is 20.4 Å². The average Bonchev–Trinajstić information content (AvgIpc) is 3.29. The number of benzene rings is 1. The number of nitrogens with zero attached hydrogens (tertiary/aromatic N) is 2. The minimum Gasteiger partial charge on any atom is -0.357 e. The lowest BCUT2D eigenvalue weighted by atomic mass is 10.2. The number of carbonyl (C=O) groups is 2. The number of aromatic amines is 1. The Bertz CT molecular complexity index is 879. The van der Waals surface area contributed by atoms with Gasteiger partial charge in [-0.1, -0.05) is 24.6 Å². The summed E-state index contributed by atoms with van der Waals surface area (Å²) in [6, 6.07) is 11.2.